The van der Waals surface area contributed by atoms with Gasteiger partial charge in [-0.15, -0.1) is 0 Å². The average molecular weight is 241 g/mol. The number of alkyl carbamates (subject to hydrolysis) is 1. The Morgan fingerprint density at radius 3 is 2.71 bits per heavy atom. The average Bonchev–Trinajstić information content (AvgIpc) is 2.27. The summed E-state index contributed by atoms with van der Waals surface area (Å²) in [6.07, 6.45) is -0.955. The van der Waals surface area contributed by atoms with Crippen LogP contribution in [0.3, 0.4) is 0 Å². The molecule has 0 aliphatic carbocycles. The molecule has 0 unspecified atom stereocenters. The summed E-state index contributed by atoms with van der Waals surface area (Å²) in [6, 6.07) is 5.93. The molecule has 2 N–H and O–H groups in total. The number of carboxylic acids is 1. The minimum atomic E-state index is -1.01. The monoisotopic (exact) mass is 241 g/mol. The molecule has 1 amide bonds. The van der Waals surface area contributed by atoms with E-state index >= 15 is 0 Å². The second kappa shape index (κ2) is 6.47. The highest BCUT2D eigenvalue weighted by atomic mass is 19.1. The lowest BCUT2D eigenvalue weighted by molar-refractivity contribution is -0.136. The number of hydrogen-bond acceptors (Lipinski definition) is 3. The molecule has 1 aromatic rings. The van der Waals surface area contributed by atoms with Crippen LogP contribution in [0.4, 0.5) is 9.18 Å². The number of aliphatic carboxylic acids is 1. The Morgan fingerprint density at radius 1 is 1.35 bits per heavy atom. The zero-order valence-electron chi connectivity index (χ0n) is 8.98. The third-order valence-corrected chi connectivity index (χ3v) is 1.92. The van der Waals surface area contributed by atoms with Crippen LogP contribution >= 0.6 is 0 Å². The summed E-state index contributed by atoms with van der Waals surface area (Å²) in [6.45, 7) is -0.211. The first-order valence-electron chi connectivity index (χ1n) is 4.95. The van der Waals surface area contributed by atoms with Crippen molar-refractivity contribution in [1.29, 1.82) is 0 Å². The summed E-state index contributed by atoms with van der Waals surface area (Å²) in [5, 5.41) is 10.6. The fraction of sp³-hybridized carbons (Fsp3) is 0.273. The van der Waals surface area contributed by atoms with Gasteiger partial charge in [0.25, 0.3) is 0 Å². The Balaban J connectivity index is 2.29. The first kappa shape index (κ1) is 13.0. The number of halogens is 1. The van der Waals surface area contributed by atoms with Gasteiger partial charge in [-0.2, -0.15) is 0 Å². The first-order chi connectivity index (χ1) is 8.09. The van der Waals surface area contributed by atoms with E-state index in [0.717, 1.165) is 0 Å². The van der Waals surface area contributed by atoms with Gasteiger partial charge in [0.15, 0.2) is 0 Å². The van der Waals surface area contributed by atoms with E-state index in [9.17, 15) is 14.0 Å². The van der Waals surface area contributed by atoms with Crippen LogP contribution in [0, 0.1) is 5.82 Å². The van der Waals surface area contributed by atoms with Gasteiger partial charge < -0.3 is 15.2 Å². The minimum absolute atomic E-state index is 0.0224. The summed E-state index contributed by atoms with van der Waals surface area (Å²) < 4.78 is 17.8. The Labute approximate surface area is 97.2 Å². The molecule has 0 aliphatic rings. The predicted octanol–water partition coefficient (Wildman–Crippen LogP) is 1.53. The normalized spacial score (nSPS) is 9.71. The van der Waals surface area contributed by atoms with Gasteiger partial charge in [0.1, 0.15) is 12.4 Å². The van der Waals surface area contributed by atoms with Crippen LogP contribution in [0.1, 0.15) is 12.0 Å². The van der Waals surface area contributed by atoms with E-state index in [0.29, 0.717) is 0 Å². The van der Waals surface area contributed by atoms with Gasteiger partial charge in [-0.3, -0.25) is 4.79 Å². The van der Waals surface area contributed by atoms with Gasteiger partial charge in [0.2, 0.25) is 0 Å². The Kier molecular flexibility index (Phi) is 4.93. The molecule has 5 nitrogen and oxygen atoms in total. The molecule has 0 atom stereocenters. The number of ether oxygens (including phenoxy) is 1. The fourth-order valence-electron chi connectivity index (χ4n) is 1.08. The SMILES string of the molecule is O=C(O)CCNC(=O)OCc1ccccc1F. The van der Waals surface area contributed by atoms with Crippen molar-refractivity contribution in [1.82, 2.24) is 5.32 Å². The maximum absolute atomic E-state index is 13.1. The topological polar surface area (TPSA) is 75.6 Å². The number of carbonyl (C=O) groups excluding carboxylic acids is 1. The number of nitrogens with one attached hydrogen (secondary N) is 1. The molecule has 0 spiro atoms. The lowest BCUT2D eigenvalue weighted by Gasteiger charge is -2.06. The number of carboxylic acid groups (broad SMARTS) is 1. The van der Waals surface area contributed by atoms with Crippen molar-refractivity contribution in [2.45, 2.75) is 13.0 Å². The van der Waals surface area contributed by atoms with Gasteiger partial charge in [-0.05, 0) is 6.07 Å². The van der Waals surface area contributed by atoms with Crippen molar-refractivity contribution in [3.05, 3.63) is 35.6 Å². The van der Waals surface area contributed by atoms with Gasteiger partial charge >= 0.3 is 12.1 Å². The first-order valence-corrected chi connectivity index (χ1v) is 4.95. The highest BCUT2D eigenvalue weighted by molar-refractivity contribution is 5.70. The highest BCUT2D eigenvalue weighted by Gasteiger charge is 2.06. The predicted molar refractivity (Wildman–Crippen MR) is 56.8 cm³/mol. The van der Waals surface area contributed by atoms with Crippen LogP contribution in [0.15, 0.2) is 24.3 Å². The standard InChI is InChI=1S/C11H12FNO4/c12-9-4-2-1-3-8(9)7-17-11(16)13-6-5-10(14)15/h1-4H,5-7H2,(H,13,16)(H,14,15). The number of carbonyl (C=O) groups is 2. The molecule has 1 aromatic carbocycles. The quantitative estimate of drug-likeness (QED) is 0.819. The van der Waals surface area contributed by atoms with Crippen molar-refractivity contribution in [2.24, 2.45) is 0 Å². The van der Waals surface area contributed by atoms with Crippen LogP contribution in [0.25, 0.3) is 0 Å². The summed E-state index contributed by atoms with van der Waals surface area (Å²) >= 11 is 0. The summed E-state index contributed by atoms with van der Waals surface area (Å²) in [7, 11) is 0. The molecular formula is C11H12FNO4. The van der Waals surface area contributed by atoms with Gasteiger partial charge in [-0.25, -0.2) is 9.18 Å². The maximum Gasteiger partial charge on any atom is 0.407 e. The fourth-order valence-corrected chi connectivity index (χ4v) is 1.08. The minimum Gasteiger partial charge on any atom is -0.481 e. The summed E-state index contributed by atoms with van der Waals surface area (Å²) in [4.78, 5) is 21.2. The van der Waals surface area contributed by atoms with Crippen molar-refractivity contribution in [3.63, 3.8) is 0 Å². The van der Waals surface area contributed by atoms with E-state index in [1.165, 1.54) is 18.2 Å². The van der Waals surface area contributed by atoms with Crippen molar-refractivity contribution in [2.75, 3.05) is 6.54 Å². The number of rotatable bonds is 5. The smallest absolute Gasteiger partial charge is 0.407 e. The van der Waals surface area contributed by atoms with Gasteiger partial charge in [0.05, 0.1) is 6.42 Å². The Bertz CT molecular complexity index is 408. The Hall–Kier alpha value is -2.11. The van der Waals surface area contributed by atoms with Crippen molar-refractivity contribution < 1.29 is 23.8 Å². The second-order valence-electron chi connectivity index (χ2n) is 3.24. The van der Waals surface area contributed by atoms with Crippen LogP contribution in [-0.4, -0.2) is 23.7 Å². The molecule has 0 heterocycles. The van der Waals surface area contributed by atoms with E-state index in [4.69, 9.17) is 9.84 Å². The van der Waals surface area contributed by atoms with Gasteiger partial charge in [-0.1, -0.05) is 18.2 Å². The molecule has 0 fully saturated rings. The molecule has 17 heavy (non-hydrogen) atoms. The number of amides is 1. The molecule has 0 saturated heterocycles. The van der Waals surface area contributed by atoms with E-state index in [2.05, 4.69) is 5.32 Å². The Morgan fingerprint density at radius 2 is 2.06 bits per heavy atom. The second-order valence-corrected chi connectivity index (χ2v) is 3.24. The maximum atomic E-state index is 13.1. The molecule has 0 aromatic heterocycles. The van der Waals surface area contributed by atoms with Gasteiger partial charge in [0, 0.05) is 12.1 Å². The molecule has 0 radical (unpaired) electrons. The van der Waals surface area contributed by atoms with Crippen LogP contribution < -0.4 is 5.32 Å². The third-order valence-electron chi connectivity index (χ3n) is 1.92. The van der Waals surface area contributed by atoms with E-state index in [-0.39, 0.29) is 25.1 Å². The van der Waals surface area contributed by atoms with E-state index < -0.39 is 17.9 Å². The largest absolute Gasteiger partial charge is 0.481 e. The lowest BCUT2D eigenvalue weighted by atomic mass is 10.2. The number of benzene rings is 1. The lowest BCUT2D eigenvalue weighted by Crippen LogP contribution is -2.26. The summed E-state index contributed by atoms with van der Waals surface area (Å²) in [5.74, 6) is -1.47. The van der Waals surface area contributed by atoms with Crippen molar-refractivity contribution >= 4 is 12.1 Å². The van der Waals surface area contributed by atoms with Crippen molar-refractivity contribution in [3.8, 4) is 0 Å². The molecule has 0 aliphatic heterocycles. The van der Waals surface area contributed by atoms with E-state index in [1.807, 2.05) is 0 Å². The molecule has 0 bridgehead atoms. The zero-order chi connectivity index (χ0) is 12.7. The zero-order valence-corrected chi connectivity index (χ0v) is 8.98. The van der Waals surface area contributed by atoms with Crippen LogP contribution in [-0.2, 0) is 16.1 Å². The van der Waals surface area contributed by atoms with E-state index in [1.54, 1.807) is 6.07 Å². The molecule has 0 saturated carbocycles. The molecule has 1 rings (SSSR count). The highest BCUT2D eigenvalue weighted by Crippen LogP contribution is 2.07. The third kappa shape index (κ3) is 4.96. The summed E-state index contributed by atoms with van der Waals surface area (Å²) in [5.41, 5.74) is 0.265. The number of hydrogen-bond donors (Lipinski definition) is 2. The molecular weight excluding hydrogens is 229 g/mol. The molecule has 6 heteroatoms. The molecule has 92 valence electrons. The van der Waals surface area contributed by atoms with Crippen LogP contribution in [0.5, 0.6) is 0 Å². The van der Waals surface area contributed by atoms with Crippen LogP contribution in [0.2, 0.25) is 0 Å².